The van der Waals surface area contributed by atoms with Gasteiger partial charge >= 0.3 is 0 Å². The van der Waals surface area contributed by atoms with Crippen LogP contribution >= 0.6 is 11.3 Å². The van der Waals surface area contributed by atoms with E-state index < -0.39 is 0 Å². The maximum atomic E-state index is 10.6. The van der Waals surface area contributed by atoms with Gasteiger partial charge in [0.15, 0.2) is 11.4 Å². The SMILES string of the molecule is CN1CCCN(c2ncc(C=O)s2)CC1. The summed E-state index contributed by atoms with van der Waals surface area (Å²) in [5.74, 6) is 0. The smallest absolute Gasteiger partial charge is 0.185 e. The fourth-order valence-corrected chi connectivity index (χ4v) is 2.50. The number of anilines is 1. The predicted octanol–water partition coefficient (Wildman–Crippen LogP) is 1.10. The fourth-order valence-electron chi connectivity index (χ4n) is 1.72. The van der Waals surface area contributed by atoms with Gasteiger partial charge < -0.3 is 9.80 Å². The summed E-state index contributed by atoms with van der Waals surface area (Å²) in [7, 11) is 2.14. The summed E-state index contributed by atoms with van der Waals surface area (Å²) in [5.41, 5.74) is 0. The summed E-state index contributed by atoms with van der Waals surface area (Å²) >= 11 is 1.48. The largest absolute Gasteiger partial charge is 0.347 e. The zero-order chi connectivity index (χ0) is 10.7. The third kappa shape index (κ3) is 2.54. The molecule has 1 aromatic rings. The van der Waals surface area contributed by atoms with Gasteiger partial charge in [-0.15, -0.1) is 0 Å². The van der Waals surface area contributed by atoms with Crippen LogP contribution in [0.5, 0.6) is 0 Å². The molecule has 0 aliphatic carbocycles. The van der Waals surface area contributed by atoms with Crippen molar-refractivity contribution in [3.05, 3.63) is 11.1 Å². The summed E-state index contributed by atoms with van der Waals surface area (Å²) in [5, 5.41) is 0.979. The first-order chi connectivity index (χ1) is 7.29. The lowest BCUT2D eigenvalue weighted by Crippen LogP contribution is -2.28. The van der Waals surface area contributed by atoms with Crippen molar-refractivity contribution in [3.63, 3.8) is 0 Å². The van der Waals surface area contributed by atoms with Gasteiger partial charge in [0, 0.05) is 19.6 Å². The topological polar surface area (TPSA) is 36.4 Å². The molecule has 1 fully saturated rings. The maximum Gasteiger partial charge on any atom is 0.185 e. The number of nitrogens with zero attached hydrogens (tertiary/aromatic N) is 3. The first-order valence-electron chi connectivity index (χ1n) is 5.14. The van der Waals surface area contributed by atoms with Gasteiger partial charge in [0.2, 0.25) is 0 Å². The molecule has 2 heterocycles. The van der Waals surface area contributed by atoms with Gasteiger partial charge in [0.05, 0.1) is 11.1 Å². The second kappa shape index (κ2) is 4.72. The molecule has 0 amide bonds. The van der Waals surface area contributed by atoms with Gasteiger partial charge in [0.25, 0.3) is 0 Å². The molecule has 15 heavy (non-hydrogen) atoms. The van der Waals surface area contributed by atoms with E-state index in [0.29, 0.717) is 4.88 Å². The third-order valence-corrected chi connectivity index (χ3v) is 3.60. The summed E-state index contributed by atoms with van der Waals surface area (Å²) in [4.78, 5) is 20.1. The molecule has 1 saturated heterocycles. The molecular formula is C10H15N3OS. The third-order valence-electron chi connectivity index (χ3n) is 2.62. The van der Waals surface area contributed by atoms with Crippen LogP contribution in [0.3, 0.4) is 0 Å². The Morgan fingerprint density at radius 1 is 1.40 bits per heavy atom. The number of carbonyl (C=O) groups is 1. The van der Waals surface area contributed by atoms with Crippen molar-refractivity contribution in [1.29, 1.82) is 0 Å². The molecule has 0 bridgehead atoms. The van der Waals surface area contributed by atoms with Crippen molar-refractivity contribution >= 4 is 22.8 Å². The lowest BCUT2D eigenvalue weighted by Gasteiger charge is -2.18. The van der Waals surface area contributed by atoms with Gasteiger partial charge in [-0.25, -0.2) is 4.98 Å². The van der Waals surface area contributed by atoms with Crippen LogP contribution < -0.4 is 4.90 Å². The number of aldehydes is 1. The van der Waals surface area contributed by atoms with E-state index in [4.69, 9.17) is 0 Å². The number of thiazole rings is 1. The van der Waals surface area contributed by atoms with Crippen molar-refractivity contribution in [3.8, 4) is 0 Å². The zero-order valence-corrected chi connectivity index (χ0v) is 9.66. The molecule has 2 rings (SSSR count). The zero-order valence-electron chi connectivity index (χ0n) is 8.85. The molecule has 0 atom stereocenters. The summed E-state index contributed by atoms with van der Waals surface area (Å²) in [6, 6.07) is 0. The lowest BCUT2D eigenvalue weighted by atomic mass is 10.4. The maximum absolute atomic E-state index is 10.6. The second-order valence-electron chi connectivity index (χ2n) is 3.81. The van der Waals surface area contributed by atoms with E-state index in [0.717, 1.165) is 44.0 Å². The molecule has 0 unspecified atom stereocenters. The van der Waals surface area contributed by atoms with E-state index in [-0.39, 0.29) is 0 Å². The van der Waals surface area contributed by atoms with Gasteiger partial charge in [-0.3, -0.25) is 4.79 Å². The Hall–Kier alpha value is -0.940. The van der Waals surface area contributed by atoms with Crippen LogP contribution in [0.4, 0.5) is 5.13 Å². The molecule has 0 N–H and O–H groups in total. The number of carbonyl (C=O) groups excluding carboxylic acids is 1. The number of aromatic nitrogens is 1. The minimum atomic E-state index is 0.711. The van der Waals surface area contributed by atoms with Gasteiger partial charge in [0.1, 0.15) is 0 Å². The molecule has 0 aromatic carbocycles. The van der Waals surface area contributed by atoms with Crippen LogP contribution in [0.2, 0.25) is 0 Å². The second-order valence-corrected chi connectivity index (χ2v) is 4.85. The fraction of sp³-hybridized carbons (Fsp3) is 0.600. The minimum absolute atomic E-state index is 0.711. The number of hydrogen-bond donors (Lipinski definition) is 0. The lowest BCUT2D eigenvalue weighted by molar-refractivity contribution is 0.112. The Balaban J connectivity index is 2.06. The molecule has 1 aromatic heterocycles. The monoisotopic (exact) mass is 225 g/mol. The molecule has 82 valence electrons. The number of rotatable bonds is 2. The van der Waals surface area contributed by atoms with Crippen molar-refractivity contribution in [2.24, 2.45) is 0 Å². The number of likely N-dealkylation sites (N-methyl/N-ethyl adjacent to an activating group) is 1. The minimum Gasteiger partial charge on any atom is -0.347 e. The average Bonchev–Trinajstić information content (AvgIpc) is 2.62. The summed E-state index contributed by atoms with van der Waals surface area (Å²) in [6.45, 7) is 4.25. The molecule has 0 radical (unpaired) electrons. The highest BCUT2D eigenvalue weighted by atomic mass is 32.1. The van der Waals surface area contributed by atoms with E-state index in [1.54, 1.807) is 6.20 Å². The summed E-state index contributed by atoms with van der Waals surface area (Å²) in [6.07, 6.45) is 3.68. The normalized spacial score (nSPS) is 18.9. The van der Waals surface area contributed by atoms with Gasteiger partial charge in [-0.05, 0) is 20.0 Å². The standard InChI is InChI=1S/C10H15N3OS/c1-12-3-2-4-13(6-5-12)10-11-7-9(8-14)15-10/h7-8H,2-6H2,1H3. The molecule has 0 saturated carbocycles. The van der Waals surface area contributed by atoms with Crippen molar-refractivity contribution in [1.82, 2.24) is 9.88 Å². The van der Waals surface area contributed by atoms with Crippen molar-refractivity contribution in [2.45, 2.75) is 6.42 Å². The van der Waals surface area contributed by atoms with Crippen LogP contribution in [-0.4, -0.2) is 49.4 Å². The van der Waals surface area contributed by atoms with E-state index in [9.17, 15) is 4.79 Å². The van der Waals surface area contributed by atoms with E-state index in [2.05, 4.69) is 21.8 Å². The van der Waals surface area contributed by atoms with Crippen molar-refractivity contribution < 1.29 is 4.79 Å². The molecule has 1 aliphatic heterocycles. The Morgan fingerprint density at radius 3 is 3.00 bits per heavy atom. The molecular weight excluding hydrogens is 210 g/mol. The Labute approximate surface area is 93.5 Å². The predicted molar refractivity (Wildman–Crippen MR) is 61.8 cm³/mol. The van der Waals surface area contributed by atoms with E-state index >= 15 is 0 Å². The van der Waals surface area contributed by atoms with E-state index in [1.807, 2.05) is 0 Å². The Bertz CT molecular complexity index is 339. The highest BCUT2D eigenvalue weighted by Gasteiger charge is 2.15. The first kappa shape index (κ1) is 10.6. The van der Waals surface area contributed by atoms with Crippen molar-refractivity contribution in [2.75, 3.05) is 38.1 Å². The molecule has 5 heteroatoms. The van der Waals surface area contributed by atoms with E-state index in [1.165, 1.54) is 11.3 Å². The quantitative estimate of drug-likeness (QED) is 0.706. The Kier molecular flexibility index (Phi) is 3.33. The van der Waals surface area contributed by atoms with Crippen LogP contribution in [0.15, 0.2) is 6.20 Å². The first-order valence-corrected chi connectivity index (χ1v) is 5.96. The van der Waals surface area contributed by atoms with Crippen LogP contribution in [0, 0.1) is 0 Å². The molecule has 1 aliphatic rings. The highest BCUT2D eigenvalue weighted by molar-refractivity contribution is 7.17. The molecule has 0 spiro atoms. The highest BCUT2D eigenvalue weighted by Crippen LogP contribution is 2.22. The van der Waals surface area contributed by atoms with Crippen LogP contribution in [-0.2, 0) is 0 Å². The number of hydrogen-bond acceptors (Lipinski definition) is 5. The summed E-state index contributed by atoms with van der Waals surface area (Å²) < 4.78 is 0. The average molecular weight is 225 g/mol. The molecule has 4 nitrogen and oxygen atoms in total. The van der Waals surface area contributed by atoms with Gasteiger partial charge in [-0.1, -0.05) is 11.3 Å². The van der Waals surface area contributed by atoms with Crippen LogP contribution in [0.1, 0.15) is 16.1 Å². The van der Waals surface area contributed by atoms with Crippen LogP contribution in [0.25, 0.3) is 0 Å². The Morgan fingerprint density at radius 2 is 2.27 bits per heavy atom. The van der Waals surface area contributed by atoms with Gasteiger partial charge in [-0.2, -0.15) is 0 Å².